The molecule has 0 aliphatic heterocycles. The fourth-order valence-electron chi connectivity index (χ4n) is 2.40. The molecule has 0 saturated heterocycles. The lowest BCUT2D eigenvalue weighted by molar-refractivity contribution is 0.176. The van der Waals surface area contributed by atoms with Gasteiger partial charge in [-0.05, 0) is 36.8 Å². The molecule has 0 amide bonds. The van der Waals surface area contributed by atoms with Crippen molar-refractivity contribution < 1.29 is 0 Å². The molecule has 1 aromatic rings. The third-order valence-corrected chi connectivity index (χ3v) is 5.10. The molecular weight excluding hydrogens is 214 g/mol. The highest BCUT2D eigenvalue weighted by atomic mass is 32.2. The number of hydrogen-bond acceptors (Lipinski definition) is 2. The van der Waals surface area contributed by atoms with Gasteiger partial charge in [-0.1, -0.05) is 32.0 Å². The van der Waals surface area contributed by atoms with E-state index in [2.05, 4.69) is 44.2 Å². The van der Waals surface area contributed by atoms with Gasteiger partial charge < -0.3 is 5.73 Å². The third-order valence-electron chi connectivity index (χ3n) is 3.66. The van der Waals surface area contributed by atoms with Gasteiger partial charge in [0.15, 0.2) is 0 Å². The molecule has 1 nitrogen and oxygen atoms in total. The van der Waals surface area contributed by atoms with Crippen molar-refractivity contribution >= 4 is 11.8 Å². The highest BCUT2D eigenvalue weighted by molar-refractivity contribution is 8.00. The number of rotatable bonds is 4. The van der Waals surface area contributed by atoms with Gasteiger partial charge in [-0.15, -0.1) is 11.8 Å². The van der Waals surface area contributed by atoms with Gasteiger partial charge in [0.05, 0.1) is 0 Å². The SMILES string of the molecule is CC(C)C1CC(CN)(Sc2ccccc2)C1. The maximum atomic E-state index is 5.96. The zero-order chi connectivity index (χ0) is 11.6. The smallest absolute Gasteiger partial charge is 0.0334 e. The minimum absolute atomic E-state index is 0.316. The Morgan fingerprint density at radius 1 is 1.31 bits per heavy atom. The molecule has 0 radical (unpaired) electrons. The maximum absolute atomic E-state index is 5.96. The van der Waals surface area contributed by atoms with Gasteiger partial charge in [0.1, 0.15) is 0 Å². The topological polar surface area (TPSA) is 26.0 Å². The second kappa shape index (κ2) is 4.80. The van der Waals surface area contributed by atoms with E-state index in [1.807, 2.05) is 11.8 Å². The van der Waals surface area contributed by atoms with E-state index in [9.17, 15) is 0 Å². The molecular formula is C14H21NS. The van der Waals surface area contributed by atoms with Crippen LogP contribution in [0.1, 0.15) is 26.7 Å². The normalized spacial score (nSPS) is 29.1. The summed E-state index contributed by atoms with van der Waals surface area (Å²) in [6.07, 6.45) is 2.56. The van der Waals surface area contributed by atoms with Gasteiger partial charge in [-0.3, -0.25) is 0 Å². The van der Waals surface area contributed by atoms with Crippen molar-refractivity contribution in [3.05, 3.63) is 30.3 Å². The fourth-order valence-corrected chi connectivity index (χ4v) is 3.87. The standard InChI is InChI=1S/C14H21NS/c1-11(2)12-8-14(9-12,10-15)16-13-6-4-3-5-7-13/h3-7,11-12H,8-10,15H2,1-2H3. The van der Waals surface area contributed by atoms with Gasteiger partial charge in [0, 0.05) is 16.2 Å². The Hall–Kier alpha value is -0.470. The van der Waals surface area contributed by atoms with Gasteiger partial charge in [-0.25, -0.2) is 0 Å². The molecule has 0 aromatic heterocycles. The number of nitrogens with two attached hydrogens (primary N) is 1. The summed E-state index contributed by atoms with van der Waals surface area (Å²) in [5.41, 5.74) is 5.96. The molecule has 2 heteroatoms. The van der Waals surface area contributed by atoms with Crippen LogP contribution < -0.4 is 5.73 Å². The first-order valence-corrected chi connectivity index (χ1v) is 6.91. The van der Waals surface area contributed by atoms with E-state index in [-0.39, 0.29) is 0 Å². The molecule has 1 aliphatic carbocycles. The first-order valence-electron chi connectivity index (χ1n) is 6.09. The number of benzene rings is 1. The largest absolute Gasteiger partial charge is 0.329 e. The molecule has 2 N–H and O–H groups in total. The van der Waals surface area contributed by atoms with E-state index >= 15 is 0 Å². The molecule has 1 saturated carbocycles. The van der Waals surface area contributed by atoms with E-state index in [4.69, 9.17) is 5.73 Å². The highest BCUT2D eigenvalue weighted by Crippen LogP contribution is 2.52. The molecule has 0 heterocycles. The quantitative estimate of drug-likeness (QED) is 0.864. The minimum atomic E-state index is 0.316. The van der Waals surface area contributed by atoms with Crippen molar-refractivity contribution in [3.63, 3.8) is 0 Å². The van der Waals surface area contributed by atoms with Gasteiger partial charge in [0.25, 0.3) is 0 Å². The molecule has 88 valence electrons. The first kappa shape index (κ1) is 12.0. The van der Waals surface area contributed by atoms with E-state index in [1.165, 1.54) is 17.7 Å². The van der Waals surface area contributed by atoms with Crippen LogP contribution in [-0.4, -0.2) is 11.3 Å². The first-order chi connectivity index (χ1) is 7.65. The van der Waals surface area contributed by atoms with Crippen molar-refractivity contribution in [2.45, 2.75) is 36.3 Å². The summed E-state index contributed by atoms with van der Waals surface area (Å²) in [6.45, 7) is 5.44. The Morgan fingerprint density at radius 2 is 1.94 bits per heavy atom. The molecule has 0 unspecified atom stereocenters. The lowest BCUT2D eigenvalue weighted by Crippen LogP contribution is -2.48. The van der Waals surface area contributed by atoms with E-state index in [0.717, 1.165) is 18.4 Å². The van der Waals surface area contributed by atoms with Crippen molar-refractivity contribution in [2.75, 3.05) is 6.54 Å². The minimum Gasteiger partial charge on any atom is -0.329 e. The fraction of sp³-hybridized carbons (Fsp3) is 0.571. The summed E-state index contributed by atoms with van der Waals surface area (Å²) in [5.74, 6) is 1.68. The Balaban J connectivity index is 1.98. The van der Waals surface area contributed by atoms with Crippen LogP contribution in [-0.2, 0) is 0 Å². The number of hydrogen-bond donors (Lipinski definition) is 1. The molecule has 1 fully saturated rings. The molecule has 2 rings (SSSR count). The van der Waals surface area contributed by atoms with Crippen LogP contribution in [0.2, 0.25) is 0 Å². The lowest BCUT2D eigenvalue weighted by atomic mass is 9.69. The van der Waals surface area contributed by atoms with Crippen molar-refractivity contribution in [2.24, 2.45) is 17.6 Å². The average molecular weight is 235 g/mol. The summed E-state index contributed by atoms with van der Waals surface area (Å²) >= 11 is 1.97. The summed E-state index contributed by atoms with van der Waals surface area (Å²) in [4.78, 5) is 1.36. The van der Waals surface area contributed by atoms with Crippen molar-refractivity contribution in [1.82, 2.24) is 0 Å². The zero-order valence-electron chi connectivity index (χ0n) is 10.1. The van der Waals surface area contributed by atoms with E-state index in [1.54, 1.807) is 0 Å². The molecule has 0 atom stereocenters. The predicted octanol–water partition coefficient (Wildman–Crippen LogP) is 3.54. The van der Waals surface area contributed by atoms with Crippen LogP contribution >= 0.6 is 11.8 Å². The summed E-state index contributed by atoms with van der Waals surface area (Å²) in [6, 6.07) is 10.6. The van der Waals surface area contributed by atoms with Crippen LogP contribution in [0.4, 0.5) is 0 Å². The summed E-state index contributed by atoms with van der Waals surface area (Å²) < 4.78 is 0.316. The predicted molar refractivity (Wildman–Crippen MR) is 71.6 cm³/mol. The van der Waals surface area contributed by atoms with Crippen molar-refractivity contribution in [3.8, 4) is 0 Å². The molecule has 0 spiro atoms. The Kier molecular flexibility index (Phi) is 3.60. The van der Waals surface area contributed by atoms with Crippen molar-refractivity contribution in [1.29, 1.82) is 0 Å². The Bertz CT molecular complexity index is 328. The third kappa shape index (κ3) is 2.44. The van der Waals surface area contributed by atoms with Gasteiger partial charge in [0.2, 0.25) is 0 Å². The van der Waals surface area contributed by atoms with Crippen LogP contribution in [0.25, 0.3) is 0 Å². The highest BCUT2D eigenvalue weighted by Gasteiger charge is 2.44. The lowest BCUT2D eigenvalue weighted by Gasteiger charge is -2.48. The second-order valence-corrected chi connectivity index (χ2v) is 6.76. The monoisotopic (exact) mass is 235 g/mol. The van der Waals surface area contributed by atoms with E-state index in [0.29, 0.717) is 4.75 Å². The maximum Gasteiger partial charge on any atom is 0.0334 e. The molecule has 1 aliphatic rings. The van der Waals surface area contributed by atoms with Crippen LogP contribution in [0.5, 0.6) is 0 Å². The van der Waals surface area contributed by atoms with Crippen LogP contribution in [0.3, 0.4) is 0 Å². The zero-order valence-corrected chi connectivity index (χ0v) is 11.0. The van der Waals surface area contributed by atoms with Crippen LogP contribution in [0.15, 0.2) is 35.2 Å². The Labute approximate surface area is 103 Å². The van der Waals surface area contributed by atoms with Gasteiger partial charge in [-0.2, -0.15) is 0 Å². The van der Waals surface area contributed by atoms with E-state index < -0.39 is 0 Å². The summed E-state index contributed by atoms with van der Waals surface area (Å²) in [5, 5.41) is 0. The number of thioether (sulfide) groups is 1. The molecule has 16 heavy (non-hydrogen) atoms. The Morgan fingerprint density at radius 3 is 2.44 bits per heavy atom. The molecule has 1 aromatic carbocycles. The van der Waals surface area contributed by atoms with Crippen LogP contribution in [0, 0.1) is 11.8 Å². The summed E-state index contributed by atoms with van der Waals surface area (Å²) in [7, 11) is 0. The second-order valence-electron chi connectivity index (χ2n) is 5.21. The van der Waals surface area contributed by atoms with Gasteiger partial charge >= 0.3 is 0 Å². The molecule has 0 bridgehead atoms. The average Bonchev–Trinajstić information content (AvgIpc) is 2.24.